The molecule has 0 saturated heterocycles. The minimum atomic E-state index is 0.639. The molecule has 0 aliphatic rings. The van der Waals surface area contributed by atoms with Gasteiger partial charge < -0.3 is 14.8 Å². The van der Waals surface area contributed by atoms with E-state index in [2.05, 4.69) is 11.9 Å². The first-order valence-corrected chi connectivity index (χ1v) is 5.43. The maximum Gasteiger partial charge on any atom is 0.161 e. The summed E-state index contributed by atoms with van der Waals surface area (Å²) in [6.07, 6.45) is 1.84. The highest BCUT2D eigenvalue weighted by molar-refractivity contribution is 5.42. The highest BCUT2D eigenvalue weighted by atomic mass is 16.5. The molecule has 3 heteroatoms. The third-order valence-electron chi connectivity index (χ3n) is 2.15. The Morgan fingerprint density at radius 2 is 2.19 bits per heavy atom. The van der Waals surface area contributed by atoms with E-state index in [9.17, 15) is 0 Å². The lowest BCUT2D eigenvalue weighted by molar-refractivity contribution is 0.310. The average molecular weight is 221 g/mol. The molecule has 0 aliphatic carbocycles. The second kappa shape index (κ2) is 6.90. The fraction of sp³-hybridized carbons (Fsp3) is 0.385. The molecule has 1 N–H and O–H groups in total. The van der Waals surface area contributed by atoms with Crippen molar-refractivity contribution in [2.45, 2.75) is 13.5 Å². The van der Waals surface area contributed by atoms with Gasteiger partial charge >= 0.3 is 0 Å². The number of hydrogen-bond acceptors (Lipinski definition) is 3. The predicted molar refractivity (Wildman–Crippen MR) is 66.1 cm³/mol. The van der Waals surface area contributed by atoms with Crippen LogP contribution in [0.2, 0.25) is 0 Å². The van der Waals surface area contributed by atoms with E-state index in [-0.39, 0.29) is 0 Å². The predicted octanol–water partition coefficient (Wildman–Crippen LogP) is 2.37. The highest BCUT2D eigenvalue weighted by Gasteiger charge is 2.04. The van der Waals surface area contributed by atoms with Crippen molar-refractivity contribution in [1.29, 1.82) is 0 Å². The molecule has 0 aliphatic heterocycles. The molecule has 1 aromatic carbocycles. The summed E-state index contributed by atoms with van der Waals surface area (Å²) in [5.74, 6) is 1.57. The summed E-state index contributed by atoms with van der Waals surface area (Å²) in [5, 5.41) is 3.24. The van der Waals surface area contributed by atoms with Crippen LogP contribution in [0.5, 0.6) is 11.5 Å². The Morgan fingerprint density at radius 1 is 1.38 bits per heavy atom. The van der Waals surface area contributed by atoms with Crippen LogP contribution in [0.25, 0.3) is 0 Å². The first-order chi connectivity index (χ1) is 7.81. The zero-order valence-corrected chi connectivity index (χ0v) is 9.95. The molecule has 0 aromatic heterocycles. The molecule has 16 heavy (non-hydrogen) atoms. The van der Waals surface area contributed by atoms with Crippen molar-refractivity contribution < 1.29 is 9.47 Å². The maximum absolute atomic E-state index is 5.50. The monoisotopic (exact) mass is 221 g/mol. The van der Waals surface area contributed by atoms with E-state index in [1.807, 2.05) is 31.2 Å². The van der Waals surface area contributed by atoms with Crippen LogP contribution >= 0.6 is 0 Å². The molecule has 0 radical (unpaired) electrons. The number of methoxy groups -OCH3 is 1. The van der Waals surface area contributed by atoms with Crippen LogP contribution < -0.4 is 14.8 Å². The first-order valence-electron chi connectivity index (χ1n) is 5.43. The number of ether oxygens (including phenoxy) is 2. The fourth-order valence-electron chi connectivity index (χ4n) is 1.42. The largest absolute Gasteiger partial charge is 0.493 e. The minimum absolute atomic E-state index is 0.639. The van der Waals surface area contributed by atoms with Crippen molar-refractivity contribution >= 4 is 0 Å². The molecular weight excluding hydrogens is 202 g/mol. The van der Waals surface area contributed by atoms with Crippen LogP contribution in [-0.2, 0) is 6.54 Å². The molecule has 0 saturated carbocycles. The van der Waals surface area contributed by atoms with Crippen LogP contribution in [0, 0.1) is 0 Å². The summed E-state index contributed by atoms with van der Waals surface area (Å²) in [6.45, 7) is 7.86. The van der Waals surface area contributed by atoms with E-state index >= 15 is 0 Å². The Balaban J connectivity index is 2.71. The fourth-order valence-corrected chi connectivity index (χ4v) is 1.42. The minimum Gasteiger partial charge on any atom is -0.493 e. The van der Waals surface area contributed by atoms with Gasteiger partial charge in [-0.25, -0.2) is 0 Å². The third kappa shape index (κ3) is 3.59. The van der Waals surface area contributed by atoms with Crippen LogP contribution in [0.1, 0.15) is 12.5 Å². The summed E-state index contributed by atoms with van der Waals surface area (Å²) < 4.78 is 10.7. The molecule has 1 aromatic rings. The lowest BCUT2D eigenvalue weighted by Gasteiger charge is -2.11. The Hall–Kier alpha value is -1.48. The topological polar surface area (TPSA) is 30.5 Å². The Morgan fingerprint density at radius 3 is 2.81 bits per heavy atom. The number of hydrogen-bond donors (Lipinski definition) is 1. The van der Waals surface area contributed by atoms with Crippen LogP contribution in [-0.4, -0.2) is 20.3 Å². The van der Waals surface area contributed by atoms with Crippen molar-refractivity contribution in [3.05, 3.63) is 36.4 Å². The zero-order chi connectivity index (χ0) is 11.8. The second-order valence-electron chi connectivity index (χ2n) is 3.34. The van der Waals surface area contributed by atoms with Gasteiger partial charge in [0.2, 0.25) is 0 Å². The summed E-state index contributed by atoms with van der Waals surface area (Å²) in [6, 6.07) is 5.95. The molecule has 0 unspecified atom stereocenters. The van der Waals surface area contributed by atoms with E-state index in [0.29, 0.717) is 6.61 Å². The molecule has 0 amide bonds. The number of nitrogens with one attached hydrogen (secondary N) is 1. The second-order valence-corrected chi connectivity index (χ2v) is 3.34. The highest BCUT2D eigenvalue weighted by Crippen LogP contribution is 2.27. The van der Waals surface area contributed by atoms with Crippen molar-refractivity contribution in [3.63, 3.8) is 0 Å². The van der Waals surface area contributed by atoms with Crippen LogP contribution in [0.4, 0.5) is 0 Å². The van der Waals surface area contributed by atoms with Gasteiger partial charge in [0, 0.05) is 13.1 Å². The van der Waals surface area contributed by atoms with Gasteiger partial charge in [0.1, 0.15) is 0 Å². The van der Waals surface area contributed by atoms with Gasteiger partial charge in [-0.1, -0.05) is 12.1 Å². The van der Waals surface area contributed by atoms with Gasteiger partial charge in [-0.15, -0.1) is 6.58 Å². The van der Waals surface area contributed by atoms with Crippen LogP contribution in [0.15, 0.2) is 30.9 Å². The Labute approximate surface area is 97.1 Å². The summed E-state index contributed by atoms with van der Waals surface area (Å²) in [7, 11) is 1.65. The van der Waals surface area contributed by atoms with E-state index in [1.54, 1.807) is 7.11 Å². The molecule has 0 fully saturated rings. The summed E-state index contributed by atoms with van der Waals surface area (Å²) in [4.78, 5) is 0. The normalized spacial score (nSPS) is 9.88. The molecule has 0 spiro atoms. The van der Waals surface area contributed by atoms with Gasteiger partial charge in [0.15, 0.2) is 11.5 Å². The van der Waals surface area contributed by atoms with Crippen molar-refractivity contribution in [2.24, 2.45) is 0 Å². The van der Waals surface area contributed by atoms with Crippen molar-refractivity contribution in [1.82, 2.24) is 5.32 Å². The quantitative estimate of drug-likeness (QED) is 0.566. The van der Waals surface area contributed by atoms with E-state index in [0.717, 1.165) is 24.6 Å². The molecule has 0 atom stereocenters. The SMILES string of the molecule is C=CCNCc1ccc(OC)c(OCC)c1. The average Bonchev–Trinajstić information content (AvgIpc) is 2.30. The maximum atomic E-state index is 5.50. The van der Waals surface area contributed by atoms with Gasteiger partial charge in [0.05, 0.1) is 13.7 Å². The molecule has 0 heterocycles. The van der Waals surface area contributed by atoms with Gasteiger partial charge in [-0.2, -0.15) is 0 Å². The third-order valence-corrected chi connectivity index (χ3v) is 2.15. The van der Waals surface area contributed by atoms with E-state index in [4.69, 9.17) is 9.47 Å². The zero-order valence-electron chi connectivity index (χ0n) is 9.95. The summed E-state index contributed by atoms with van der Waals surface area (Å²) >= 11 is 0. The van der Waals surface area contributed by atoms with Gasteiger partial charge in [-0.3, -0.25) is 0 Å². The molecular formula is C13H19NO2. The lowest BCUT2D eigenvalue weighted by Crippen LogP contribution is -2.12. The molecule has 0 bridgehead atoms. The van der Waals surface area contributed by atoms with Crippen molar-refractivity contribution in [2.75, 3.05) is 20.3 Å². The Bertz CT molecular complexity index is 337. The summed E-state index contributed by atoms with van der Waals surface area (Å²) in [5.41, 5.74) is 1.17. The van der Waals surface area contributed by atoms with E-state index < -0.39 is 0 Å². The molecule has 88 valence electrons. The number of rotatable bonds is 7. The van der Waals surface area contributed by atoms with E-state index in [1.165, 1.54) is 5.56 Å². The lowest BCUT2D eigenvalue weighted by atomic mass is 10.2. The van der Waals surface area contributed by atoms with Crippen LogP contribution in [0.3, 0.4) is 0 Å². The molecule has 1 rings (SSSR count). The first kappa shape index (κ1) is 12.6. The standard InChI is InChI=1S/C13H19NO2/c1-4-8-14-10-11-6-7-12(15-3)13(9-11)16-5-2/h4,6-7,9,14H,1,5,8,10H2,2-3H3. The smallest absolute Gasteiger partial charge is 0.161 e. The van der Waals surface area contributed by atoms with Crippen molar-refractivity contribution in [3.8, 4) is 11.5 Å². The molecule has 3 nitrogen and oxygen atoms in total. The van der Waals surface area contributed by atoms with Gasteiger partial charge in [0.25, 0.3) is 0 Å². The van der Waals surface area contributed by atoms with Gasteiger partial charge in [-0.05, 0) is 24.6 Å². The number of benzene rings is 1. The Kier molecular flexibility index (Phi) is 5.43.